The number of nitrogens with zero attached hydrogens (tertiary/aromatic N) is 3. The SMILES string of the molecule is COC(=O)[C@H]1CCCN(c2ccc([N+](=O)[O-])cc2C#N)C1. The molecule has 1 aromatic carbocycles. The summed E-state index contributed by atoms with van der Waals surface area (Å²) in [7, 11) is 1.36. The second-order valence-corrected chi connectivity index (χ2v) is 4.88. The molecule has 0 saturated carbocycles. The van der Waals surface area contributed by atoms with Gasteiger partial charge in [0.1, 0.15) is 6.07 Å². The van der Waals surface area contributed by atoms with Crippen molar-refractivity contribution in [1.82, 2.24) is 0 Å². The third-order valence-electron chi connectivity index (χ3n) is 3.61. The molecule has 0 bridgehead atoms. The van der Waals surface area contributed by atoms with Crippen molar-refractivity contribution in [2.24, 2.45) is 5.92 Å². The lowest BCUT2D eigenvalue weighted by molar-refractivity contribution is -0.384. The molecule has 1 aliphatic rings. The number of nitriles is 1. The van der Waals surface area contributed by atoms with Gasteiger partial charge in [-0.15, -0.1) is 0 Å². The van der Waals surface area contributed by atoms with Gasteiger partial charge < -0.3 is 9.64 Å². The first-order valence-corrected chi connectivity index (χ1v) is 6.58. The maximum absolute atomic E-state index is 11.6. The molecule has 1 heterocycles. The van der Waals surface area contributed by atoms with Crippen LogP contribution in [-0.4, -0.2) is 31.1 Å². The molecule has 21 heavy (non-hydrogen) atoms. The van der Waals surface area contributed by atoms with Crippen molar-refractivity contribution in [3.05, 3.63) is 33.9 Å². The number of piperidine rings is 1. The maximum atomic E-state index is 11.6. The van der Waals surface area contributed by atoms with Gasteiger partial charge in [-0.3, -0.25) is 14.9 Å². The van der Waals surface area contributed by atoms with E-state index in [1.807, 2.05) is 11.0 Å². The van der Waals surface area contributed by atoms with Gasteiger partial charge in [-0.25, -0.2) is 0 Å². The fraction of sp³-hybridized carbons (Fsp3) is 0.429. The average Bonchev–Trinajstić information content (AvgIpc) is 2.53. The number of esters is 1. The Hall–Kier alpha value is -2.62. The lowest BCUT2D eigenvalue weighted by Crippen LogP contribution is -2.39. The number of hydrogen-bond acceptors (Lipinski definition) is 6. The first-order valence-electron chi connectivity index (χ1n) is 6.58. The highest BCUT2D eigenvalue weighted by molar-refractivity contribution is 5.74. The highest BCUT2D eigenvalue weighted by Crippen LogP contribution is 2.29. The third kappa shape index (κ3) is 3.11. The second-order valence-electron chi connectivity index (χ2n) is 4.88. The molecule has 7 nitrogen and oxygen atoms in total. The summed E-state index contributed by atoms with van der Waals surface area (Å²) < 4.78 is 4.76. The lowest BCUT2D eigenvalue weighted by atomic mass is 9.97. The van der Waals surface area contributed by atoms with E-state index in [2.05, 4.69) is 0 Å². The molecule has 0 spiro atoms. The number of anilines is 1. The molecule has 1 aromatic rings. The van der Waals surface area contributed by atoms with Gasteiger partial charge in [0.2, 0.25) is 0 Å². The van der Waals surface area contributed by atoms with Crippen LogP contribution < -0.4 is 4.90 Å². The molecule has 7 heteroatoms. The summed E-state index contributed by atoms with van der Waals surface area (Å²) in [6, 6.07) is 6.18. The van der Waals surface area contributed by atoms with E-state index in [4.69, 9.17) is 4.74 Å². The number of methoxy groups -OCH3 is 1. The van der Waals surface area contributed by atoms with Crippen molar-refractivity contribution >= 4 is 17.3 Å². The molecular formula is C14H15N3O4. The van der Waals surface area contributed by atoms with Gasteiger partial charge in [0, 0.05) is 25.2 Å². The molecule has 0 N–H and O–H groups in total. The van der Waals surface area contributed by atoms with E-state index in [-0.39, 0.29) is 23.1 Å². The molecule has 0 aliphatic carbocycles. The number of rotatable bonds is 3. The van der Waals surface area contributed by atoms with E-state index >= 15 is 0 Å². The van der Waals surface area contributed by atoms with Gasteiger partial charge in [-0.1, -0.05) is 0 Å². The molecule has 0 unspecified atom stereocenters. The van der Waals surface area contributed by atoms with Crippen LogP contribution in [0.1, 0.15) is 18.4 Å². The molecule has 0 aromatic heterocycles. The Morgan fingerprint density at radius 3 is 2.95 bits per heavy atom. The minimum atomic E-state index is -0.530. The first kappa shape index (κ1) is 14.8. The molecule has 0 radical (unpaired) electrons. The van der Waals surface area contributed by atoms with Crippen molar-refractivity contribution in [1.29, 1.82) is 5.26 Å². The number of non-ortho nitro benzene ring substituents is 1. The topological polar surface area (TPSA) is 96.5 Å². The van der Waals surface area contributed by atoms with Crippen LogP contribution in [0.3, 0.4) is 0 Å². The normalized spacial score (nSPS) is 17.9. The van der Waals surface area contributed by atoms with Crippen LogP contribution in [0.5, 0.6) is 0 Å². The Bertz CT molecular complexity index is 609. The monoisotopic (exact) mass is 289 g/mol. The number of nitro groups is 1. The number of carbonyl (C=O) groups is 1. The smallest absolute Gasteiger partial charge is 0.310 e. The van der Waals surface area contributed by atoms with Crippen LogP contribution in [0.2, 0.25) is 0 Å². The molecule has 110 valence electrons. The quantitative estimate of drug-likeness (QED) is 0.478. The van der Waals surface area contributed by atoms with Crippen LogP contribution in [0.15, 0.2) is 18.2 Å². The Kier molecular flexibility index (Phi) is 4.38. The molecule has 1 fully saturated rings. The number of hydrogen-bond donors (Lipinski definition) is 0. The van der Waals surface area contributed by atoms with Gasteiger partial charge in [0.15, 0.2) is 0 Å². The molecule has 1 saturated heterocycles. The van der Waals surface area contributed by atoms with Crippen molar-refractivity contribution < 1.29 is 14.5 Å². The Labute approximate surface area is 121 Å². The minimum absolute atomic E-state index is 0.114. The van der Waals surface area contributed by atoms with Gasteiger partial charge >= 0.3 is 5.97 Å². The van der Waals surface area contributed by atoms with Gasteiger partial charge in [-0.2, -0.15) is 5.26 Å². The zero-order valence-electron chi connectivity index (χ0n) is 11.6. The Morgan fingerprint density at radius 1 is 1.57 bits per heavy atom. The van der Waals surface area contributed by atoms with Crippen LogP contribution in [0, 0.1) is 27.4 Å². The van der Waals surface area contributed by atoms with Crippen molar-refractivity contribution in [2.45, 2.75) is 12.8 Å². The largest absolute Gasteiger partial charge is 0.469 e. The van der Waals surface area contributed by atoms with E-state index in [9.17, 15) is 20.2 Å². The average molecular weight is 289 g/mol. The summed E-state index contributed by atoms with van der Waals surface area (Å²) >= 11 is 0. The van der Waals surface area contributed by atoms with Gasteiger partial charge in [0.25, 0.3) is 5.69 Å². The standard InChI is InChI=1S/C14H15N3O4/c1-21-14(18)10-3-2-6-16(9-10)13-5-4-12(17(19)20)7-11(13)8-15/h4-5,7,10H,2-3,6,9H2,1H3/t10-/m0/s1. The number of ether oxygens (including phenoxy) is 1. The van der Waals surface area contributed by atoms with Crippen LogP contribution >= 0.6 is 0 Å². The van der Waals surface area contributed by atoms with E-state index < -0.39 is 4.92 Å². The zero-order valence-corrected chi connectivity index (χ0v) is 11.6. The predicted octanol–water partition coefficient (Wildman–Crippen LogP) is 1.86. The molecule has 1 aliphatic heterocycles. The predicted molar refractivity (Wildman–Crippen MR) is 74.8 cm³/mol. The minimum Gasteiger partial charge on any atom is -0.469 e. The number of carbonyl (C=O) groups excluding carboxylic acids is 1. The van der Waals surface area contributed by atoms with Crippen LogP contribution in [0.25, 0.3) is 0 Å². The molecular weight excluding hydrogens is 274 g/mol. The van der Waals surface area contributed by atoms with Gasteiger partial charge in [-0.05, 0) is 18.9 Å². The Balaban J connectivity index is 2.27. The number of benzene rings is 1. The summed E-state index contributed by atoms with van der Waals surface area (Å²) in [5.41, 5.74) is 0.753. The molecule has 0 amide bonds. The van der Waals surface area contributed by atoms with E-state index in [1.165, 1.54) is 19.2 Å². The summed E-state index contributed by atoms with van der Waals surface area (Å²) in [6.45, 7) is 1.17. The highest BCUT2D eigenvalue weighted by atomic mass is 16.6. The second kappa shape index (κ2) is 6.22. The van der Waals surface area contributed by atoms with Crippen LogP contribution in [0.4, 0.5) is 11.4 Å². The van der Waals surface area contributed by atoms with E-state index in [0.29, 0.717) is 18.8 Å². The summed E-state index contributed by atoms with van der Waals surface area (Å²) in [5.74, 6) is -0.495. The first-order chi connectivity index (χ1) is 10.1. The Morgan fingerprint density at radius 2 is 2.33 bits per heavy atom. The summed E-state index contributed by atoms with van der Waals surface area (Å²) in [5, 5.41) is 19.9. The molecule has 2 rings (SSSR count). The van der Waals surface area contributed by atoms with Gasteiger partial charge in [0.05, 0.1) is 29.2 Å². The van der Waals surface area contributed by atoms with E-state index in [0.717, 1.165) is 12.8 Å². The third-order valence-corrected chi connectivity index (χ3v) is 3.61. The highest BCUT2D eigenvalue weighted by Gasteiger charge is 2.28. The number of nitro benzene ring substituents is 1. The zero-order chi connectivity index (χ0) is 15.4. The van der Waals surface area contributed by atoms with Crippen molar-refractivity contribution in [3.63, 3.8) is 0 Å². The van der Waals surface area contributed by atoms with Crippen molar-refractivity contribution in [3.8, 4) is 6.07 Å². The summed E-state index contributed by atoms with van der Waals surface area (Å²) in [4.78, 5) is 23.8. The van der Waals surface area contributed by atoms with Crippen molar-refractivity contribution in [2.75, 3.05) is 25.1 Å². The fourth-order valence-corrected chi connectivity index (χ4v) is 2.56. The summed E-state index contributed by atoms with van der Waals surface area (Å²) in [6.07, 6.45) is 1.56. The maximum Gasteiger partial charge on any atom is 0.310 e. The van der Waals surface area contributed by atoms with Crippen LogP contribution in [-0.2, 0) is 9.53 Å². The lowest BCUT2D eigenvalue weighted by Gasteiger charge is -2.33. The fourth-order valence-electron chi connectivity index (χ4n) is 2.56. The molecule has 1 atom stereocenters. The van der Waals surface area contributed by atoms with E-state index in [1.54, 1.807) is 6.07 Å².